The summed E-state index contributed by atoms with van der Waals surface area (Å²) in [7, 11) is 0. The van der Waals surface area contributed by atoms with Gasteiger partial charge in [-0.2, -0.15) is 0 Å². The van der Waals surface area contributed by atoms with E-state index in [1.54, 1.807) is 4.90 Å². The Bertz CT molecular complexity index is 760. The molecule has 1 aliphatic heterocycles. The van der Waals surface area contributed by atoms with Gasteiger partial charge < -0.3 is 15.0 Å². The Balaban J connectivity index is 1.60. The van der Waals surface area contributed by atoms with E-state index in [9.17, 15) is 9.59 Å². The molecule has 1 aliphatic rings. The summed E-state index contributed by atoms with van der Waals surface area (Å²) in [5.74, 6) is -0.645. The SMILES string of the molecule is CCOCc1nnc(NC(=O)C2CC(=O)N(c3ccc(C)cc3)C2)s1. The number of hydrogen-bond acceptors (Lipinski definition) is 6. The molecular weight excluding hydrogens is 340 g/mol. The van der Waals surface area contributed by atoms with Gasteiger partial charge in [0.15, 0.2) is 0 Å². The van der Waals surface area contributed by atoms with Crippen LogP contribution in [0.2, 0.25) is 0 Å². The Morgan fingerprint density at radius 3 is 2.84 bits per heavy atom. The smallest absolute Gasteiger partial charge is 0.231 e. The third kappa shape index (κ3) is 4.21. The van der Waals surface area contributed by atoms with Crippen LogP contribution in [0.25, 0.3) is 0 Å². The van der Waals surface area contributed by atoms with Crippen LogP contribution in [0.1, 0.15) is 23.9 Å². The molecule has 25 heavy (non-hydrogen) atoms. The van der Waals surface area contributed by atoms with Crippen LogP contribution in [-0.2, 0) is 20.9 Å². The van der Waals surface area contributed by atoms with Gasteiger partial charge in [-0.1, -0.05) is 29.0 Å². The Morgan fingerprint density at radius 1 is 1.36 bits per heavy atom. The summed E-state index contributed by atoms with van der Waals surface area (Å²) in [6, 6.07) is 7.71. The number of ether oxygens (including phenoxy) is 1. The van der Waals surface area contributed by atoms with Crippen molar-refractivity contribution < 1.29 is 14.3 Å². The quantitative estimate of drug-likeness (QED) is 0.855. The average molecular weight is 360 g/mol. The normalized spacial score (nSPS) is 17.1. The number of nitrogens with one attached hydrogen (secondary N) is 1. The van der Waals surface area contributed by atoms with Crippen molar-refractivity contribution >= 4 is 34.0 Å². The first-order valence-corrected chi connectivity index (χ1v) is 8.96. The van der Waals surface area contributed by atoms with E-state index >= 15 is 0 Å². The molecule has 2 aromatic rings. The van der Waals surface area contributed by atoms with Crippen LogP contribution >= 0.6 is 11.3 Å². The number of carbonyl (C=O) groups excluding carboxylic acids is 2. The summed E-state index contributed by atoms with van der Waals surface area (Å²) in [6.07, 6.45) is 0.199. The second kappa shape index (κ2) is 7.71. The Hall–Kier alpha value is -2.32. The van der Waals surface area contributed by atoms with E-state index in [2.05, 4.69) is 15.5 Å². The maximum atomic E-state index is 12.4. The van der Waals surface area contributed by atoms with Gasteiger partial charge in [0, 0.05) is 25.3 Å². The fraction of sp³-hybridized carbons (Fsp3) is 0.412. The van der Waals surface area contributed by atoms with E-state index in [0.29, 0.717) is 29.9 Å². The number of aryl methyl sites for hydroxylation is 1. The van der Waals surface area contributed by atoms with E-state index in [4.69, 9.17) is 4.74 Å². The highest BCUT2D eigenvalue weighted by atomic mass is 32.1. The Labute approximate surface area is 150 Å². The first-order valence-electron chi connectivity index (χ1n) is 8.15. The standard InChI is InChI=1S/C17H20N4O3S/c1-3-24-10-14-19-20-17(25-14)18-16(23)12-8-15(22)21(9-12)13-6-4-11(2)5-7-13/h4-7,12H,3,8-10H2,1-2H3,(H,18,20,23). The number of aromatic nitrogens is 2. The average Bonchev–Trinajstić information content (AvgIpc) is 3.20. The molecule has 7 nitrogen and oxygen atoms in total. The number of anilines is 2. The van der Waals surface area contributed by atoms with Crippen LogP contribution < -0.4 is 10.2 Å². The Kier molecular flexibility index (Phi) is 5.40. The summed E-state index contributed by atoms with van der Waals surface area (Å²) in [5, 5.41) is 11.8. The molecular formula is C17H20N4O3S. The van der Waals surface area contributed by atoms with Crippen molar-refractivity contribution in [3.8, 4) is 0 Å². The molecule has 132 valence electrons. The summed E-state index contributed by atoms with van der Waals surface area (Å²) >= 11 is 1.28. The highest BCUT2D eigenvalue weighted by Crippen LogP contribution is 2.26. The van der Waals surface area contributed by atoms with Gasteiger partial charge in [-0.15, -0.1) is 10.2 Å². The minimum absolute atomic E-state index is 0.0432. The molecule has 1 aromatic carbocycles. The van der Waals surface area contributed by atoms with E-state index in [0.717, 1.165) is 11.3 Å². The van der Waals surface area contributed by atoms with Gasteiger partial charge in [0.25, 0.3) is 0 Å². The van der Waals surface area contributed by atoms with E-state index in [-0.39, 0.29) is 18.2 Å². The largest absolute Gasteiger partial charge is 0.374 e. The second-order valence-corrected chi connectivity index (χ2v) is 6.93. The van der Waals surface area contributed by atoms with Crippen LogP contribution in [0.4, 0.5) is 10.8 Å². The molecule has 8 heteroatoms. The zero-order valence-corrected chi connectivity index (χ0v) is 15.0. The maximum Gasteiger partial charge on any atom is 0.231 e. The molecule has 2 heterocycles. The molecule has 0 radical (unpaired) electrons. The molecule has 0 saturated carbocycles. The van der Waals surface area contributed by atoms with Gasteiger partial charge in [0.2, 0.25) is 16.9 Å². The lowest BCUT2D eigenvalue weighted by Gasteiger charge is -2.16. The van der Waals surface area contributed by atoms with Gasteiger partial charge >= 0.3 is 0 Å². The van der Waals surface area contributed by atoms with Crippen LogP contribution in [0.3, 0.4) is 0 Å². The molecule has 1 fully saturated rings. The summed E-state index contributed by atoms with van der Waals surface area (Å²) in [5.41, 5.74) is 1.95. The van der Waals surface area contributed by atoms with Gasteiger partial charge in [-0.05, 0) is 26.0 Å². The van der Waals surface area contributed by atoms with Crippen LogP contribution in [-0.4, -0.2) is 35.2 Å². The van der Waals surface area contributed by atoms with Crippen molar-refractivity contribution in [1.82, 2.24) is 10.2 Å². The zero-order chi connectivity index (χ0) is 17.8. The molecule has 1 saturated heterocycles. The monoisotopic (exact) mass is 360 g/mol. The second-order valence-electron chi connectivity index (χ2n) is 5.87. The summed E-state index contributed by atoms with van der Waals surface area (Å²) in [4.78, 5) is 26.3. The topological polar surface area (TPSA) is 84.4 Å². The highest BCUT2D eigenvalue weighted by Gasteiger charge is 2.35. The fourth-order valence-electron chi connectivity index (χ4n) is 2.62. The fourth-order valence-corrected chi connectivity index (χ4v) is 3.30. The first-order chi connectivity index (χ1) is 12.1. The van der Waals surface area contributed by atoms with Crippen molar-refractivity contribution in [2.24, 2.45) is 5.92 Å². The van der Waals surface area contributed by atoms with Gasteiger partial charge in [0.05, 0.1) is 5.92 Å². The van der Waals surface area contributed by atoms with E-state index < -0.39 is 5.92 Å². The molecule has 0 spiro atoms. The number of amides is 2. The summed E-state index contributed by atoms with van der Waals surface area (Å²) in [6.45, 7) is 5.25. The first kappa shape index (κ1) is 17.5. The third-order valence-electron chi connectivity index (χ3n) is 3.97. The lowest BCUT2D eigenvalue weighted by Crippen LogP contribution is -2.28. The van der Waals surface area contributed by atoms with Gasteiger partial charge in [0.1, 0.15) is 11.6 Å². The highest BCUT2D eigenvalue weighted by molar-refractivity contribution is 7.15. The van der Waals surface area contributed by atoms with Crippen molar-refractivity contribution in [3.63, 3.8) is 0 Å². The maximum absolute atomic E-state index is 12.4. The van der Waals surface area contributed by atoms with Crippen LogP contribution in [0, 0.1) is 12.8 Å². The molecule has 0 bridgehead atoms. The molecule has 2 amide bonds. The number of hydrogen-bond donors (Lipinski definition) is 1. The lowest BCUT2D eigenvalue weighted by molar-refractivity contribution is -0.122. The third-order valence-corrected chi connectivity index (χ3v) is 4.78. The molecule has 1 aromatic heterocycles. The molecule has 1 atom stereocenters. The zero-order valence-electron chi connectivity index (χ0n) is 14.2. The number of rotatable bonds is 6. The number of carbonyl (C=O) groups is 2. The van der Waals surface area contributed by atoms with E-state index in [1.807, 2.05) is 38.1 Å². The molecule has 1 N–H and O–H groups in total. The minimum Gasteiger partial charge on any atom is -0.374 e. The predicted octanol–water partition coefficient (Wildman–Crippen LogP) is 2.37. The van der Waals surface area contributed by atoms with E-state index in [1.165, 1.54) is 11.3 Å². The lowest BCUT2D eigenvalue weighted by atomic mass is 10.1. The van der Waals surface area contributed by atoms with Crippen LogP contribution in [0.5, 0.6) is 0 Å². The predicted molar refractivity (Wildman–Crippen MR) is 95.5 cm³/mol. The van der Waals surface area contributed by atoms with Crippen molar-refractivity contribution in [3.05, 3.63) is 34.8 Å². The Morgan fingerprint density at radius 2 is 2.12 bits per heavy atom. The van der Waals surface area contributed by atoms with Crippen molar-refractivity contribution in [2.45, 2.75) is 26.9 Å². The van der Waals surface area contributed by atoms with Gasteiger partial charge in [-0.3, -0.25) is 9.59 Å². The number of benzene rings is 1. The number of nitrogens with zero attached hydrogens (tertiary/aromatic N) is 3. The summed E-state index contributed by atoms with van der Waals surface area (Å²) < 4.78 is 5.27. The van der Waals surface area contributed by atoms with Crippen LogP contribution in [0.15, 0.2) is 24.3 Å². The molecule has 1 unspecified atom stereocenters. The van der Waals surface area contributed by atoms with Crippen molar-refractivity contribution in [2.75, 3.05) is 23.4 Å². The minimum atomic E-state index is -0.395. The molecule has 3 rings (SSSR count). The van der Waals surface area contributed by atoms with Crippen molar-refractivity contribution in [1.29, 1.82) is 0 Å². The molecule has 0 aliphatic carbocycles. The van der Waals surface area contributed by atoms with Gasteiger partial charge in [-0.25, -0.2) is 0 Å².